The van der Waals surface area contributed by atoms with Gasteiger partial charge in [-0.25, -0.2) is 0 Å². The van der Waals surface area contributed by atoms with E-state index >= 15 is 0 Å². The van der Waals surface area contributed by atoms with Crippen molar-refractivity contribution >= 4 is 17.7 Å². The molecular weight excluding hydrogens is 195 g/mol. The van der Waals surface area contributed by atoms with Crippen LogP contribution in [-0.4, -0.2) is 28.9 Å². The molecule has 3 N–H and O–H groups in total. The molecule has 0 saturated heterocycles. The van der Waals surface area contributed by atoms with Crippen molar-refractivity contribution in [2.75, 3.05) is 6.16 Å². The third kappa shape index (κ3) is 9.80. The summed E-state index contributed by atoms with van der Waals surface area (Å²) in [6, 6.07) is 0. The van der Waals surface area contributed by atoms with E-state index in [0.717, 1.165) is 0 Å². The molecule has 0 rings (SSSR count). The largest absolute Gasteiger partial charge is 0.329 e. The Kier molecular flexibility index (Phi) is 3.40. The summed E-state index contributed by atoms with van der Waals surface area (Å²) < 4.78 is 38.0. The van der Waals surface area contributed by atoms with Crippen LogP contribution in [0.25, 0.3) is 0 Å². The normalized spacial score (nSPS) is 14.1. The second-order valence-corrected chi connectivity index (χ2v) is 4.73. The van der Waals surface area contributed by atoms with Gasteiger partial charge in [0.25, 0.3) is 10.1 Å². The minimum atomic E-state index is -4.27. The predicted molar refractivity (Wildman–Crippen MR) is 37.6 cm³/mol. The van der Waals surface area contributed by atoms with Gasteiger partial charge in [-0.3, -0.25) is 9.12 Å². The first-order valence-electron chi connectivity index (χ1n) is 2.39. The fourth-order valence-corrected chi connectivity index (χ4v) is 1.16. The molecule has 0 heterocycles. The lowest BCUT2D eigenvalue weighted by atomic mass is 10.8. The van der Waals surface area contributed by atoms with Gasteiger partial charge in [-0.15, -0.1) is 0 Å². The second-order valence-electron chi connectivity index (χ2n) is 1.73. The molecule has 11 heavy (non-hydrogen) atoms. The summed E-state index contributed by atoms with van der Waals surface area (Å²) >= 11 is 0. The highest BCUT2D eigenvalue weighted by Crippen LogP contribution is 2.33. The molecule has 0 aromatic carbocycles. The first kappa shape index (κ1) is 10.8. The van der Waals surface area contributed by atoms with Gasteiger partial charge in [-0.2, -0.15) is 8.42 Å². The SMILES string of the molecule is O=P(O)(O)CC=CS(=O)(=O)O. The van der Waals surface area contributed by atoms with Crippen molar-refractivity contribution in [1.82, 2.24) is 0 Å². The molecule has 0 radical (unpaired) electrons. The van der Waals surface area contributed by atoms with Crippen LogP contribution in [0.1, 0.15) is 0 Å². The standard InChI is InChI=1S/C3H7O6PS/c4-10(5,6)2-1-3-11(7,8)9/h1,3H,2H2,(H2,4,5,6)(H,7,8,9). The Hall–Kier alpha value is -0.200. The smallest absolute Gasteiger partial charge is 0.324 e. The highest BCUT2D eigenvalue weighted by molar-refractivity contribution is 7.88. The van der Waals surface area contributed by atoms with Gasteiger partial charge in [0.1, 0.15) is 0 Å². The van der Waals surface area contributed by atoms with Crippen LogP contribution in [0.4, 0.5) is 0 Å². The Bertz CT molecular complexity index is 283. The molecule has 0 saturated carbocycles. The molecule has 8 heteroatoms. The van der Waals surface area contributed by atoms with Gasteiger partial charge < -0.3 is 9.79 Å². The van der Waals surface area contributed by atoms with E-state index < -0.39 is 23.9 Å². The van der Waals surface area contributed by atoms with Crippen LogP contribution in [-0.2, 0) is 14.7 Å². The summed E-state index contributed by atoms with van der Waals surface area (Å²) in [7, 11) is -8.48. The molecule has 0 aromatic rings. The minimum Gasteiger partial charge on any atom is -0.324 e. The molecule has 0 spiro atoms. The van der Waals surface area contributed by atoms with Crippen LogP contribution in [0.15, 0.2) is 11.5 Å². The van der Waals surface area contributed by atoms with Crippen molar-refractivity contribution in [2.24, 2.45) is 0 Å². The Morgan fingerprint density at radius 2 is 1.82 bits per heavy atom. The van der Waals surface area contributed by atoms with Crippen LogP contribution >= 0.6 is 7.60 Å². The Balaban J connectivity index is 4.12. The summed E-state index contributed by atoms with van der Waals surface area (Å²) in [5.74, 6) is 0. The van der Waals surface area contributed by atoms with Crippen LogP contribution in [0.5, 0.6) is 0 Å². The Morgan fingerprint density at radius 1 is 1.36 bits per heavy atom. The number of rotatable bonds is 3. The zero-order valence-corrected chi connectivity index (χ0v) is 6.99. The average Bonchev–Trinajstić information content (AvgIpc) is 1.55. The fourth-order valence-electron chi connectivity index (χ4n) is 0.302. The van der Waals surface area contributed by atoms with E-state index in [9.17, 15) is 13.0 Å². The molecule has 66 valence electrons. The van der Waals surface area contributed by atoms with E-state index in [4.69, 9.17) is 14.3 Å². The van der Waals surface area contributed by atoms with Gasteiger partial charge in [0, 0.05) is 0 Å². The summed E-state index contributed by atoms with van der Waals surface area (Å²) in [5.41, 5.74) is 0. The van der Waals surface area contributed by atoms with E-state index in [1.807, 2.05) is 0 Å². The van der Waals surface area contributed by atoms with Crippen molar-refractivity contribution in [3.8, 4) is 0 Å². The molecule has 0 aliphatic heterocycles. The molecule has 0 aliphatic rings. The van der Waals surface area contributed by atoms with Crippen molar-refractivity contribution in [2.45, 2.75) is 0 Å². The topological polar surface area (TPSA) is 112 Å². The number of hydrogen-bond acceptors (Lipinski definition) is 3. The van der Waals surface area contributed by atoms with Crippen LogP contribution in [0.3, 0.4) is 0 Å². The molecule has 0 atom stereocenters. The van der Waals surface area contributed by atoms with Crippen LogP contribution < -0.4 is 0 Å². The van der Waals surface area contributed by atoms with Crippen molar-refractivity contribution in [3.63, 3.8) is 0 Å². The van der Waals surface area contributed by atoms with E-state index in [0.29, 0.717) is 11.5 Å². The molecule has 0 aromatic heterocycles. The maximum atomic E-state index is 10.1. The lowest BCUT2D eigenvalue weighted by molar-refractivity contribution is 0.377. The molecule has 0 amide bonds. The third-order valence-electron chi connectivity index (χ3n) is 0.611. The summed E-state index contributed by atoms with van der Waals surface area (Å²) in [5, 5.41) is 0.325. The first-order valence-corrected chi connectivity index (χ1v) is 5.69. The summed E-state index contributed by atoms with van der Waals surface area (Å²) in [4.78, 5) is 16.4. The van der Waals surface area contributed by atoms with Gasteiger partial charge in [0.15, 0.2) is 0 Å². The lowest BCUT2D eigenvalue weighted by Gasteiger charge is -1.95. The maximum absolute atomic E-state index is 10.1. The van der Waals surface area contributed by atoms with Crippen molar-refractivity contribution in [1.29, 1.82) is 0 Å². The third-order valence-corrected chi connectivity index (χ3v) is 1.83. The average molecular weight is 202 g/mol. The highest BCUT2D eigenvalue weighted by Gasteiger charge is 2.09. The molecule has 0 unspecified atom stereocenters. The van der Waals surface area contributed by atoms with Crippen molar-refractivity contribution in [3.05, 3.63) is 11.5 Å². The van der Waals surface area contributed by atoms with E-state index in [1.165, 1.54) is 0 Å². The van der Waals surface area contributed by atoms with Crippen LogP contribution in [0.2, 0.25) is 0 Å². The first-order chi connectivity index (χ1) is 4.71. The van der Waals surface area contributed by atoms with E-state index in [2.05, 4.69) is 0 Å². The lowest BCUT2D eigenvalue weighted by Crippen LogP contribution is -1.90. The van der Waals surface area contributed by atoms with Gasteiger partial charge in [-0.1, -0.05) is 6.08 Å². The molecule has 0 fully saturated rings. The quantitative estimate of drug-likeness (QED) is 0.422. The molecule has 0 aliphatic carbocycles. The van der Waals surface area contributed by atoms with E-state index in [-0.39, 0.29) is 0 Å². The maximum Gasteiger partial charge on any atom is 0.329 e. The monoisotopic (exact) mass is 202 g/mol. The summed E-state index contributed by atoms with van der Waals surface area (Å²) in [6.45, 7) is 0. The minimum absolute atomic E-state index is 0.325. The van der Waals surface area contributed by atoms with Gasteiger partial charge in [0.2, 0.25) is 0 Å². The molecule has 6 nitrogen and oxygen atoms in total. The zero-order chi connectivity index (χ0) is 9.12. The fraction of sp³-hybridized carbons (Fsp3) is 0.333. The Labute approximate surface area is 63.5 Å². The van der Waals surface area contributed by atoms with Gasteiger partial charge in [-0.05, 0) is 0 Å². The highest BCUT2D eigenvalue weighted by atomic mass is 32.2. The zero-order valence-electron chi connectivity index (χ0n) is 5.28. The molecular formula is C3H7O6PS. The second kappa shape index (κ2) is 3.46. The van der Waals surface area contributed by atoms with E-state index in [1.54, 1.807) is 0 Å². The Morgan fingerprint density at radius 3 is 2.09 bits per heavy atom. The molecule has 0 bridgehead atoms. The van der Waals surface area contributed by atoms with Crippen LogP contribution in [0, 0.1) is 0 Å². The number of allylic oxidation sites excluding steroid dienone is 1. The predicted octanol–water partition coefficient (Wildman–Crippen LogP) is -0.434. The van der Waals surface area contributed by atoms with Crippen molar-refractivity contribution < 1.29 is 27.3 Å². The summed E-state index contributed by atoms with van der Waals surface area (Å²) in [6.07, 6.45) is -0.0110. The number of hydrogen-bond donors (Lipinski definition) is 3. The van der Waals surface area contributed by atoms with Gasteiger partial charge >= 0.3 is 7.60 Å². The van der Waals surface area contributed by atoms with Gasteiger partial charge in [0.05, 0.1) is 11.6 Å².